The first-order valence-corrected chi connectivity index (χ1v) is 14.0. The van der Waals surface area contributed by atoms with Gasteiger partial charge in [0.2, 0.25) is 5.91 Å². The number of halogens is 2. The molecular formula is C25H26Cl2N2O3S2. The van der Waals surface area contributed by atoms with E-state index in [1.54, 1.807) is 23.9 Å². The van der Waals surface area contributed by atoms with E-state index in [2.05, 4.69) is 24.4 Å². The molecule has 5 nitrogen and oxygen atoms in total. The average Bonchev–Trinajstić information content (AvgIpc) is 2.80. The molecule has 0 aliphatic rings. The van der Waals surface area contributed by atoms with Gasteiger partial charge in [-0.1, -0.05) is 65.2 Å². The van der Waals surface area contributed by atoms with Crippen molar-refractivity contribution < 1.29 is 13.2 Å². The Morgan fingerprint density at radius 2 is 1.68 bits per heavy atom. The molecule has 0 aliphatic heterocycles. The third-order valence-corrected chi connectivity index (χ3v) is 8.71. The second-order valence-corrected chi connectivity index (χ2v) is 11.5. The van der Waals surface area contributed by atoms with Crippen LogP contribution in [0.25, 0.3) is 0 Å². The lowest BCUT2D eigenvalue weighted by atomic mass is 10.1. The van der Waals surface area contributed by atoms with Crippen molar-refractivity contribution in [2.75, 3.05) is 23.1 Å². The van der Waals surface area contributed by atoms with Gasteiger partial charge in [0.05, 0.1) is 20.6 Å². The minimum absolute atomic E-state index is 0.0887. The summed E-state index contributed by atoms with van der Waals surface area (Å²) in [7, 11) is -4.01. The van der Waals surface area contributed by atoms with Gasteiger partial charge in [0.25, 0.3) is 10.0 Å². The van der Waals surface area contributed by atoms with Crippen LogP contribution in [0.2, 0.25) is 10.0 Å². The highest BCUT2D eigenvalue weighted by atomic mass is 35.5. The number of aryl methyl sites for hydroxylation is 2. The number of amides is 1. The summed E-state index contributed by atoms with van der Waals surface area (Å²) in [4.78, 5) is 12.8. The number of carbonyl (C=O) groups is 1. The van der Waals surface area contributed by atoms with Crippen LogP contribution < -0.4 is 9.62 Å². The van der Waals surface area contributed by atoms with Crippen molar-refractivity contribution in [3.8, 4) is 0 Å². The summed E-state index contributed by atoms with van der Waals surface area (Å²) < 4.78 is 27.9. The number of hydrogen-bond donors (Lipinski definition) is 1. The zero-order chi connectivity index (χ0) is 24.7. The topological polar surface area (TPSA) is 66.5 Å². The van der Waals surface area contributed by atoms with Crippen LogP contribution in [0.4, 0.5) is 5.69 Å². The fourth-order valence-corrected chi connectivity index (χ4v) is 5.84. The Morgan fingerprint density at radius 3 is 2.35 bits per heavy atom. The highest BCUT2D eigenvalue weighted by Gasteiger charge is 2.27. The number of rotatable bonds is 10. The third-order valence-electron chi connectivity index (χ3n) is 5.17. The molecule has 34 heavy (non-hydrogen) atoms. The van der Waals surface area contributed by atoms with Crippen LogP contribution in [0, 0.1) is 13.8 Å². The maximum Gasteiger partial charge on any atom is 0.264 e. The van der Waals surface area contributed by atoms with Crippen LogP contribution in [-0.4, -0.2) is 33.2 Å². The summed E-state index contributed by atoms with van der Waals surface area (Å²) >= 11 is 13.9. The molecule has 0 aromatic heterocycles. The SMILES string of the molecule is Cc1ccc(S(=O)(=O)N(CC(=O)NCCSCc2ccccc2C)c2ccc(Cl)c(Cl)c2)cc1. The van der Waals surface area contributed by atoms with E-state index in [4.69, 9.17) is 23.2 Å². The standard InChI is InChI=1S/C25H26Cl2N2O3S2/c1-18-7-10-22(11-8-18)34(31,32)29(21-9-12-23(26)24(27)15-21)16-25(30)28-13-14-33-17-20-6-4-3-5-19(20)2/h3-12,15H,13-14,16-17H2,1-2H3,(H,28,30). The summed E-state index contributed by atoms with van der Waals surface area (Å²) in [5.74, 6) is 1.15. The van der Waals surface area contributed by atoms with Gasteiger partial charge in [-0.25, -0.2) is 8.42 Å². The number of carbonyl (C=O) groups excluding carboxylic acids is 1. The van der Waals surface area contributed by atoms with Crippen molar-refractivity contribution in [1.29, 1.82) is 0 Å². The number of nitrogens with one attached hydrogen (secondary N) is 1. The fourth-order valence-electron chi connectivity index (χ4n) is 3.20. The Kier molecular flexibility index (Phi) is 9.31. The van der Waals surface area contributed by atoms with E-state index >= 15 is 0 Å². The second-order valence-electron chi connectivity index (χ2n) is 7.75. The van der Waals surface area contributed by atoms with Gasteiger partial charge in [-0.2, -0.15) is 11.8 Å². The molecule has 180 valence electrons. The van der Waals surface area contributed by atoms with Gasteiger partial charge in [0, 0.05) is 18.1 Å². The fraction of sp³-hybridized carbons (Fsp3) is 0.240. The summed E-state index contributed by atoms with van der Waals surface area (Å²) in [6, 6.07) is 19.1. The number of sulfonamides is 1. The van der Waals surface area contributed by atoms with E-state index in [9.17, 15) is 13.2 Å². The Bertz CT molecular complexity index is 1250. The van der Waals surface area contributed by atoms with Crippen molar-refractivity contribution in [3.05, 3.63) is 93.5 Å². The largest absolute Gasteiger partial charge is 0.354 e. The summed E-state index contributed by atoms with van der Waals surface area (Å²) in [6.45, 7) is 3.99. The zero-order valence-corrected chi connectivity index (χ0v) is 22.1. The first kappa shape index (κ1) is 26.4. The highest BCUT2D eigenvalue weighted by molar-refractivity contribution is 7.98. The van der Waals surface area contributed by atoms with Gasteiger partial charge in [0.15, 0.2) is 0 Å². The van der Waals surface area contributed by atoms with Gasteiger partial charge >= 0.3 is 0 Å². The Balaban J connectivity index is 1.68. The molecule has 9 heteroatoms. The number of thioether (sulfide) groups is 1. The zero-order valence-electron chi connectivity index (χ0n) is 18.9. The Morgan fingerprint density at radius 1 is 0.971 bits per heavy atom. The predicted octanol–water partition coefficient (Wildman–Crippen LogP) is 5.86. The predicted molar refractivity (Wildman–Crippen MR) is 143 cm³/mol. The number of benzene rings is 3. The molecular weight excluding hydrogens is 511 g/mol. The molecule has 1 amide bonds. The maximum atomic E-state index is 13.4. The maximum absolute atomic E-state index is 13.4. The van der Waals surface area contributed by atoms with Crippen molar-refractivity contribution in [2.45, 2.75) is 24.5 Å². The second kappa shape index (κ2) is 12.0. The molecule has 0 bridgehead atoms. The van der Waals surface area contributed by atoms with Crippen LogP contribution in [0.3, 0.4) is 0 Å². The van der Waals surface area contributed by atoms with Gasteiger partial charge in [-0.15, -0.1) is 0 Å². The molecule has 0 radical (unpaired) electrons. The number of anilines is 1. The van der Waals surface area contributed by atoms with E-state index in [1.165, 1.54) is 41.5 Å². The van der Waals surface area contributed by atoms with E-state index < -0.39 is 15.9 Å². The lowest BCUT2D eigenvalue weighted by Gasteiger charge is -2.24. The Labute approximate surface area is 215 Å². The molecule has 3 rings (SSSR count). The molecule has 0 heterocycles. The first-order chi connectivity index (χ1) is 16.2. The van der Waals surface area contributed by atoms with E-state index in [1.807, 2.05) is 19.1 Å². The number of nitrogens with zero attached hydrogens (tertiary/aromatic N) is 1. The van der Waals surface area contributed by atoms with Crippen LogP contribution in [0.15, 0.2) is 71.6 Å². The molecule has 3 aromatic carbocycles. The van der Waals surface area contributed by atoms with E-state index in [-0.39, 0.29) is 22.2 Å². The van der Waals surface area contributed by atoms with Gasteiger partial charge < -0.3 is 5.32 Å². The average molecular weight is 538 g/mol. The lowest BCUT2D eigenvalue weighted by molar-refractivity contribution is -0.119. The van der Waals surface area contributed by atoms with E-state index in [0.29, 0.717) is 17.3 Å². The van der Waals surface area contributed by atoms with Crippen molar-refractivity contribution in [2.24, 2.45) is 0 Å². The monoisotopic (exact) mass is 536 g/mol. The summed E-state index contributed by atoms with van der Waals surface area (Å²) in [6.07, 6.45) is 0. The van der Waals surface area contributed by atoms with Crippen LogP contribution in [-0.2, 0) is 20.6 Å². The minimum atomic E-state index is -4.01. The van der Waals surface area contributed by atoms with Crippen LogP contribution in [0.5, 0.6) is 0 Å². The van der Waals surface area contributed by atoms with Crippen molar-refractivity contribution in [3.63, 3.8) is 0 Å². The van der Waals surface area contributed by atoms with Crippen LogP contribution in [0.1, 0.15) is 16.7 Å². The molecule has 0 saturated heterocycles. The molecule has 0 aliphatic carbocycles. The van der Waals surface area contributed by atoms with Crippen molar-refractivity contribution in [1.82, 2.24) is 5.32 Å². The molecule has 3 aromatic rings. The summed E-state index contributed by atoms with van der Waals surface area (Å²) in [5, 5.41) is 3.32. The lowest BCUT2D eigenvalue weighted by Crippen LogP contribution is -2.41. The van der Waals surface area contributed by atoms with Gasteiger partial charge in [-0.05, 0) is 55.3 Å². The molecule has 0 atom stereocenters. The van der Waals surface area contributed by atoms with E-state index in [0.717, 1.165) is 15.6 Å². The minimum Gasteiger partial charge on any atom is -0.354 e. The number of hydrogen-bond acceptors (Lipinski definition) is 4. The molecule has 1 N–H and O–H groups in total. The third kappa shape index (κ3) is 6.92. The molecule has 0 spiro atoms. The smallest absolute Gasteiger partial charge is 0.264 e. The summed E-state index contributed by atoms with van der Waals surface area (Å²) in [5.41, 5.74) is 3.69. The normalized spacial score (nSPS) is 11.3. The van der Waals surface area contributed by atoms with Gasteiger partial charge in [0.1, 0.15) is 6.54 Å². The molecule has 0 unspecified atom stereocenters. The van der Waals surface area contributed by atoms with Gasteiger partial charge in [-0.3, -0.25) is 9.10 Å². The highest BCUT2D eigenvalue weighted by Crippen LogP contribution is 2.30. The van der Waals surface area contributed by atoms with Crippen molar-refractivity contribution >= 4 is 56.6 Å². The quantitative estimate of drug-likeness (QED) is 0.329. The molecule has 0 fully saturated rings. The molecule has 0 saturated carbocycles. The Hall–Kier alpha value is -2.19. The first-order valence-electron chi connectivity index (χ1n) is 10.6. The van der Waals surface area contributed by atoms with Crippen LogP contribution >= 0.6 is 35.0 Å².